The van der Waals surface area contributed by atoms with Gasteiger partial charge in [-0.05, 0) is 11.3 Å². The zero-order chi connectivity index (χ0) is 12.6. The molecule has 1 aliphatic heterocycles. The first-order chi connectivity index (χ1) is 7.88. The maximum absolute atomic E-state index is 12.6. The molecule has 0 saturated carbocycles. The van der Waals surface area contributed by atoms with Crippen LogP contribution in [0.15, 0.2) is 0 Å². The number of hydrogen-bond donors (Lipinski definition) is 1. The Kier molecular flexibility index (Phi) is 3.23. The first-order valence-corrected chi connectivity index (χ1v) is 5.88. The van der Waals surface area contributed by atoms with Gasteiger partial charge in [0, 0.05) is 31.3 Å². The van der Waals surface area contributed by atoms with Crippen LogP contribution >= 0.6 is 11.3 Å². The maximum atomic E-state index is 12.6. The summed E-state index contributed by atoms with van der Waals surface area (Å²) in [4.78, 5) is 1.82. The SMILES string of the molecule is C[n+]1nc(N2CCN(N)CC2)sc1C(F)(F)F. The van der Waals surface area contributed by atoms with Gasteiger partial charge in [-0.2, -0.15) is 13.2 Å². The number of rotatable bonds is 1. The quantitative estimate of drug-likeness (QED) is 0.574. The highest BCUT2D eigenvalue weighted by atomic mass is 32.1. The van der Waals surface area contributed by atoms with Crippen LogP contribution in [0.1, 0.15) is 5.01 Å². The van der Waals surface area contributed by atoms with Crippen LogP contribution in [0.3, 0.4) is 0 Å². The van der Waals surface area contributed by atoms with Crippen LogP contribution in [0.2, 0.25) is 0 Å². The van der Waals surface area contributed by atoms with Crippen molar-refractivity contribution in [3.63, 3.8) is 0 Å². The fraction of sp³-hybridized carbons (Fsp3) is 0.750. The summed E-state index contributed by atoms with van der Waals surface area (Å²) in [6, 6.07) is 0. The molecule has 0 bridgehead atoms. The number of piperazine rings is 1. The van der Waals surface area contributed by atoms with Crippen LogP contribution in [-0.4, -0.2) is 36.3 Å². The van der Waals surface area contributed by atoms with Crippen molar-refractivity contribution in [3.05, 3.63) is 5.01 Å². The summed E-state index contributed by atoms with van der Waals surface area (Å²) >= 11 is 0.668. The van der Waals surface area contributed by atoms with E-state index in [4.69, 9.17) is 5.84 Å². The molecule has 9 heteroatoms. The highest BCUT2D eigenvalue weighted by molar-refractivity contribution is 7.15. The van der Waals surface area contributed by atoms with Gasteiger partial charge in [-0.25, -0.2) is 5.01 Å². The van der Waals surface area contributed by atoms with E-state index in [1.165, 1.54) is 7.05 Å². The van der Waals surface area contributed by atoms with Crippen molar-refractivity contribution in [2.45, 2.75) is 6.18 Å². The third kappa shape index (κ3) is 2.67. The Morgan fingerprint density at radius 3 is 2.35 bits per heavy atom. The third-order valence-electron chi connectivity index (χ3n) is 2.54. The van der Waals surface area contributed by atoms with E-state index >= 15 is 0 Å². The average molecular weight is 268 g/mol. The first-order valence-electron chi connectivity index (χ1n) is 5.07. The molecule has 17 heavy (non-hydrogen) atoms. The lowest BCUT2D eigenvalue weighted by Crippen LogP contribution is -2.49. The Morgan fingerprint density at radius 1 is 1.29 bits per heavy atom. The lowest BCUT2D eigenvalue weighted by atomic mass is 10.4. The fourth-order valence-electron chi connectivity index (χ4n) is 1.63. The predicted octanol–water partition coefficient (Wildman–Crippen LogP) is -0.0179. The summed E-state index contributed by atoms with van der Waals surface area (Å²) in [5.41, 5.74) is 0. The van der Waals surface area contributed by atoms with Crippen LogP contribution in [0.4, 0.5) is 18.3 Å². The van der Waals surface area contributed by atoms with Crippen molar-refractivity contribution in [2.24, 2.45) is 12.9 Å². The molecule has 2 heterocycles. The number of aryl methyl sites for hydroxylation is 1. The number of halogens is 3. The lowest BCUT2D eigenvalue weighted by molar-refractivity contribution is -0.740. The summed E-state index contributed by atoms with van der Waals surface area (Å²) in [6.45, 7) is 2.46. The normalized spacial score (nSPS) is 18.8. The van der Waals surface area contributed by atoms with Gasteiger partial charge in [0.25, 0.3) is 5.13 Å². The van der Waals surface area contributed by atoms with E-state index in [2.05, 4.69) is 5.10 Å². The molecule has 96 valence electrons. The Labute approximate surface area is 100 Å². The molecule has 0 atom stereocenters. The molecule has 0 amide bonds. The summed E-state index contributed by atoms with van der Waals surface area (Å²) in [5, 5.41) is 5.26. The number of aromatic nitrogens is 2. The van der Waals surface area contributed by atoms with Gasteiger partial charge in [0.15, 0.2) is 7.05 Å². The molecule has 2 rings (SSSR count). The smallest absolute Gasteiger partial charge is 0.340 e. The highest BCUT2D eigenvalue weighted by Gasteiger charge is 2.45. The summed E-state index contributed by atoms with van der Waals surface area (Å²) in [7, 11) is 1.31. The standard InChI is InChI=1S/C8H13F3N5S/c1-14-6(8(9,10)11)17-7(13-14)15-2-4-16(12)5-3-15/h2-5,12H2,1H3/q+1. The second-order valence-corrected chi connectivity index (χ2v) is 4.79. The molecule has 1 fully saturated rings. The maximum Gasteiger partial charge on any atom is 0.491 e. The highest BCUT2D eigenvalue weighted by Crippen LogP contribution is 2.33. The van der Waals surface area contributed by atoms with Gasteiger partial charge in [0.05, 0.1) is 0 Å². The summed E-state index contributed by atoms with van der Waals surface area (Å²) in [6.07, 6.45) is -4.35. The molecule has 1 saturated heterocycles. The van der Waals surface area contributed by atoms with Gasteiger partial charge < -0.3 is 4.90 Å². The van der Waals surface area contributed by atoms with Crippen LogP contribution in [-0.2, 0) is 13.2 Å². The molecular weight excluding hydrogens is 255 g/mol. The molecule has 2 N–H and O–H groups in total. The molecule has 0 aromatic carbocycles. The van der Waals surface area contributed by atoms with Crippen molar-refractivity contribution >= 4 is 16.5 Å². The van der Waals surface area contributed by atoms with Gasteiger partial charge in [-0.1, -0.05) is 4.68 Å². The minimum Gasteiger partial charge on any atom is -0.340 e. The second-order valence-electron chi connectivity index (χ2n) is 3.83. The number of hydrogen-bond acceptors (Lipinski definition) is 5. The van der Waals surface area contributed by atoms with E-state index in [9.17, 15) is 13.2 Å². The predicted molar refractivity (Wildman–Crippen MR) is 56.3 cm³/mol. The lowest BCUT2D eigenvalue weighted by Gasteiger charge is -2.30. The van der Waals surface area contributed by atoms with Crippen LogP contribution in [0.5, 0.6) is 0 Å². The number of nitrogens with zero attached hydrogens (tertiary/aromatic N) is 4. The van der Waals surface area contributed by atoms with Crippen LogP contribution in [0.25, 0.3) is 0 Å². The Morgan fingerprint density at radius 2 is 1.88 bits per heavy atom. The van der Waals surface area contributed by atoms with E-state index < -0.39 is 11.2 Å². The molecule has 1 aromatic heterocycles. The van der Waals surface area contributed by atoms with Gasteiger partial charge in [0.2, 0.25) is 0 Å². The van der Waals surface area contributed by atoms with Crippen molar-refractivity contribution in [3.8, 4) is 0 Å². The largest absolute Gasteiger partial charge is 0.491 e. The zero-order valence-electron chi connectivity index (χ0n) is 9.24. The minimum atomic E-state index is -4.35. The van der Waals surface area contributed by atoms with Gasteiger partial charge in [-0.15, -0.1) is 0 Å². The molecule has 1 aliphatic rings. The average Bonchev–Trinajstić information content (AvgIpc) is 2.61. The van der Waals surface area contributed by atoms with E-state index in [1.54, 1.807) is 5.01 Å². The molecular formula is C8H13F3N5S+. The zero-order valence-corrected chi connectivity index (χ0v) is 10.1. The van der Waals surface area contributed by atoms with E-state index in [1.807, 2.05) is 4.90 Å². The van der Waals surface area contributed by atoms with Gasteiger partial charge in [-0.3, -0.25) is 5.84 Å². The van der Waals surface area contributed by atoms with Crippen LogP contribution in [0, 0.1) is 0 Å². The van der Waals surface area contributed by atoms with Crippen molar-refractivity contribution in [2.75, 3.05) is 31.1 Å². The van der Waals surface area contributed by atoms with Gasteiger partial charge in [0.1, 0.15) is 0 Å². The Hall–Kier alpha value is -0.930. The van der Waals surface area contributed by atoms with Gasteiger partial charge >= 0.3 is 11.2 Å². The number of hydrazine groups is 1. The monoisotopic (exact) mass is 268 g/mol. The van der Waals surface area contributed by atoms with E-state index in [0.29, 0.717) is 42.6 Å². The first kappa shape index (κ1) is 12.5. The summed E-state index contributed by atoms with van der Waals surface area (Å²) < 4.78 is 38.7. The number of alkyl halides is 3. The molecule has 1 aromatic rings. The second kappa shape index (κ2) is 4.39. The topological polar surface area (TPSA) is 49.3 Å². The number of anilines is 1. The molecule has 5 nitrogen and oxygen atoms in total. The van der Waals surface area contributed by atoms with Crippen molar-refractivity contribution in [1.29, 1.82) is 0 Å². The Balaban J connectivity index is 2.18. The number of nitrogens with two attached hydrogens (primary N) is 1. The molecule has 0 spiro atoms. The third-order valence-corrected chi connectivity index (χ3v) is 3.76. The Bertz CT molecular complexity index is 396. The van der Waals surface area contributed by atoms with E-state index in [0.717, 1.165) is 4.68 Å². The molecule has 0 unspecified atom stereocenters. The fourth-order valence-corrected chi connectivity index (χ4v) is 2.57. The molecule has 0 aliphatic carbocycles. The van der Waals surface area contributed by atoms with Crippen LogP contribution < -0.4 is 15.4 Å². The van der Waals surface area contributed by atoms with Crippen molar-refractivity contribution < 1.29 is 17.9 Å². The molecule has 0 radical (unpaired) electrons. The minimum absolute atomic E-state index is 0.396. The summed E-state index contributed by atoms with van der Waals surface area (Å²) in [5.74, 6) is 5.58. The van der Waals surface area contributed by atoms with Crippen molar-refractivity contribution in [1.82, 2.24) is 10.1 Å². The van der Waals surface area contributed by atoms with E-state index in [-0.39, 0.29) is 0 Å².